The topological polar surface area (TPSA) is 0 Å². The van der Waals surface area contributed by atoms with E-state index in [1.807, 2.05) is 0 Å². The highest BCUT2D eigenvalue weighted by Gasteiger charge is 2.26. The molecular weight excluding hydrogens is 432 g/mol. The molecule has 7 aromatic carbocycles. The average Bonchev–Trinajstić information content (AvgIpc) is 3.29. The van der Waals surface area contributed by atoms with Crippen molar-refractivity contribution >= 4 is 32.3 Å². The van der Waals surface area contributed by atoms with Crippen LogP contribution >= 0.6 is 0 Å². The highest BCUT2D eigenvalue weighted by atomic mass is 14.3. The van der Waals surface area contributed by atoms with Gasteiger partial charge in [-0.1, -0.05) is 127 Å². The number of hydrogen-bond donors (Lipinski definition) is 0. The first-order valence-electron chi connectivity index (χ1n) is 12.5. The summed E-state index contributed by atoms with van der Waals surface area (Å²) in [7, 11) is 0. The molecule has 0 unspecified atom stereocenters. The van der Waals surface area contributed by atoms with Crippen molar-refractivity contribution in [2.75, 3.05) is 0 Å². The summed E-state index contributed by atoms with van der Waals surface area (Å²) in [6.07, 6.45) is 0. The van der Waals surface area contributed by atoms with E-state index in [4.69, 9.17) is 0 Å². The van der Waals surface area contributed by atoms with Crippen molar-refractivity contribution in [3.05, 3.63) is 133 Å². The Labute approximate surface area is 210 Å². The predicted molar refractivity (Wildman–Crippen MR) is 154 cm³/mol. The van der Waals surface area contributed by atoms with Crippen LogP contribution in [0, 0.1) is 0 Å². The monoisotopic (exact) mass is 454 g/mol. The Kier molecular flexibility index (Phi) is 4.03. The van der Waals surface area contributed by atoms with Gasteiger partial charge < -0.3 is 0 Å². The third-order valence-corrected chi connectivity index (χ3v) is 7.79. The summed E-state index contributed by atoms with van der Waals surface area (Å²) in [6, 6.07) is 48.9. The first-order valence-corrected chi connectivity index (χ1v) is 12.5. The molecule has 0 saturated heterocycles. The van der Waals surface area contributed by atoms with Crippen LogP contribution in [0.25, 0.3) is 76.8 Å². The van der Waals surface area contributed by atoms with E-state index >= 15 is 0 Å². The minimum Gasteiger partial charge on any atom is -0.0622 e. The second-order valence-corrected chi connectivity index (χ2v) is 9.68. The van der Waals surface area contributed by atoms with Gasteiger partial charge in [0.15, 0.2) is 0 Å². The molecule has 0 heterocycles. The molecule has 0 amide bonds. The molecule has 0 atom stereocenters. The highest BCUT2D eigenvalue weighted by molar-refractivity contribution is 6.30. The molecule has 36 heavy (non-hydrogen) atoms. The zero-order valence-electron chi connectivity index (χ0n) is 19.7. The summed E-state index contributed by atoms with van der Waals surface area (Å²) in [6.45, 7) is 0. The van der Waals surface area contributed by atoms with Crippen molar-refractivity contribution in [2.45, 2.75) is 0 Å². The molecule has 0 N–H and O–H groups in total. The maximum Gasteiger partial charge on any atom is -0.00137 e. The Morgan fingerprint density at radius 2 is 0.944 bits per heavy atom. The summed E-state index contributed by atoms with van der Waals surface area (Å²) in [4.78, 5) is 0. The van der Waals surface area contributed by atoms with Gasteiger partial charge in [-0.15, -0.1) is 0 Å². The lowest BCUT2D eigenvalue weighted by Crippen LogP contribution is -1.89. The van der Waals surface area contributed by atoms with Gasteiger partial charge in [-0.3, -0.25) is 0 Å². The Hall–Kier alpha value is -4.68. The number of hydrogen-bond acceptors (Lipinski definition) is 0. The van der Waals surface area contributed by atoms with Crippen molar-refractivity contribution in [2.24, 2.45) is 0 Å². The van der Waals surface area contributed by atoms with Gasteiger partial charge in [0.05, 0.1) is 0 Å². The van der Waals surface area contributed by atoms with E-state index < -0.39 is 0 Å². The van der Waals surface area contributed by atoms with E-state index in [0.29, 0.717) is 0 Å². The van der Waals surface area contributed by atoms with E-state index in [1.165, 1.54) is 76.8 Å². The summed E-state index contributed by atoms with van der Waals surface area (Å²) < 4.78 is 0. The van der Waals surface area contributed by atoms with Gasteiger partial charge in [-0.25, -0.2) is 0 Å². The largest absolute Gasteiger partial charge is 0.0622 e. The molecule has 166 valence electrons. The molecule has 0 saturated carbocycles. The number of benzene rings is 7. The normalized spacial score (nSPS) is 11.9. The molecule has 0 aromatic heterocycles. The van der Waals surface area contributed by atoms with E-state index in [2.05, 4.69) is 133 Å². The fourth-order valence-corrected chi connectivity index (χ4v) is 6.26. The van der Waals surface area contributed by atoms with Crippen LogP contribution in [0.1, 0.15) is 0 Å². The molecular formula is C36H22. The molecule has 0 heteroatoms. The summed E-state index contributed by atoms with van der Waals surface area (Å²) >= 11 is 0. The van der Waals surface area contributed by atoms with Gasteiger partial charge in [0.25, 0.3) is 0 Å². The summed E-state index contributed by atoms with van der Waals surface area (Å²) in [5, 5.41) is 7.92. The van der Waals surface area contributed by atoms with Crippen molar-refractivity contribution in [1.82, 2.24) is 0 Å². The van der Waals surface area contributed by atoms with Crippen LogP contribution in [0.3, 0.4) is 0 Å². The van der Waals surface area contributed by atoms with Crippen LogP contribution < -0.4 is 0 Å². The second-order valence-electron chi connectivity index (χ2n) is 9.68. The molecule has 0 bridgehead atoms. The van der Waals surface area contributed by atoms with Crippen molar-refractivity contribution in [3.8, 4) is 44.5 Å². The quantitative estimate of drug-likeness (QED) is 0.228. The molecule has 7 aromatic rings. The Morgan fingerprint density at radius 1 is 0.306 bits per heavy atom. The third-order valence-electron chi connectivity index (χ3n) is 7.79. The molecule has 0 radical (unpaired) electrons. The van der Waals surface area contributed by atoms with E-state index in [9.17, 15) is 0 Å². The minimum atomic E-state index is 1.25. The molecule has 0 fully saturated rings. The molecule has 1 aliphatic carbocycles. The summed E-state index contributed by atoms with van der Waals surface area (Å²) in [5.41, 5.74) is 10.5. The van der Waals surface area contributed by atoms with Crippen molar-refractivity contribution in [1.29, 1.82) is 0 Å². The Bertz CT molecular complexity index is 1970. The number of fused-ring (bicyclic) bond motifs is 6. The van der Waals surface area contributed by atoms with Crippen molar-refractivity contribution in [3.63, 3.8) is 0 Å². The van der Waals surface area contributed by atoms with Gasteiger partial charge in [0, 0.05) is 0 Å². The average molecular weight is 455 g/mol. The lowest BCUT2D eigenvalue weighted by molar-refractivity contribution is 1.62. The van der Waals surface area contributed by atoms with E-state index in [-0.39, 0.29) is 0 Å². The van der Waals surface area contributed by atoms with E-state index in [1.54, 1.807) is 0 Å². The fraction of sp³-hybridized carbons (Fsp3) is 0. The minimum absolute atomic E-state index is 1.25. The third kappa shape index (κ3) is 2.64. The fourth-order valence-electron chi connectivity index (χ4n) is 6.26. The van der Waals surface area contributed by atoms with Gasteiger partial charge in [-0.2, -0.15) is 0 Å². The van der Waals surface area contributed by atoms with Crippen LogP contribution in [0.2, 0.25) is 0 Å². The first kappa shape index (κ1) is 19.6. The molecule has 0 aliphatic heterocycles. The number of rotatable bonds is 2. The molecule has 1 aliphatic rings. The maximum absolute atomic E-state index is 2.38. The first-order chi connectivity index (χ1) is 17.9. The zero-order valence-corrected chi connectivity index (χ0v) is 19.7. The smallest absolute Gasteiger partial charge is 0.00137 e. The SMILES string of the molecule is c1ccc(-c2ccc3c(c2)-c2cccc4c(-c5cccc6ccccc56)c5ccccc5c-3c24)cc1. The molecule has 8 rings (SSSR count). The lowest BCUT2D eigenvalue weighted by Gasteiger charge is -2.17. The van der Waals surface area contributed by atoms with Gasteiger partial charge >= 0.3 is 0 Å². The Morgan fingerprint density at radius 3 is 1.81 bits per heavy atom. The van der Waals surface area contributed by atoms with Crippen LogP contribution in [0.5, 0.6) is 0 Å². The maximum atomic E-state index is 2.38. The van der Waals surface area contributed by atoms with Crippen LogP contribution in [-0.4, -0.2) is 0 Å². The second kappa shape index (κ2) is 7.41. The predicted octanol–water partition coefficient (Wildman–Crippen LogP) is 10.1. The van der Waals surface area contributed by atoms with Crippen LogP contribution in [-0.2, 0) is 0 Å². The van der Waals surface area contributed by atoms with Gasteiger partial charge in [0.1, 0.15) is 0 Å². The standard InChI is InChI=1S/C36H22/c1-2-10-23(11-3-1)25-20-21-31-33(22-25)30-18-9-19-32-34(27-17-8-13-24-12-4-5-14-26(24)27)28-15-6-7-16-29(28)35(31)36(30)32/h1-22H. The summed E-state index contributed by atoms with van der Waals surface area (Å²) in [5.74, 6) is 0. The lowest BCUT2D eigenvalue weighted by atomic mass is 9.86. The van der Waals surface area contributed by atoms with Gasteiger partial charge in [0.2, 0.25) is 0 Å². The van der Waals surface area contributed by atoms with Gasteiger partial charge in [-0.05, 0) is 82.9 Å². The van der Waals surface area contributed by atoms with Crippen LogP contribution in [0.15, 0.2) is 133 Å². The van der Waals surface area contributed by atoms with Crippen molar-refractivity contribution < 1.29 is 0 Å². The van der Waals surface area contributed by atoms with Crippen LogP contribution in [0.4, 0.5) is 0 Å². The highest BCUT2D eigenvalue weighted by Crippen LogP contribution is 2.54. The molecule has 0 spiro atoms. The van der Waals surface area contributed by atoms with E-state index in [0.717, 1.165) is 0 Å². The Balaban J connectivity index is 1.52. The zero-order chi connectivity index (χ0) is 23.6. The molecule has 0 nitrogen and oxygen atoms in total.